The van der Waals surface area contributed by atoms with E-state index in [9.17, 15) is 4.39 Å². The summed E-state index contributed by atoms with van der Waals surface area (Å²) < 4.78 is 12.9. The highest BCUT2D eigenvalue weighted by Gasteiger charge is 2.05. The van der Waals surface area contributed by atoms with Gasteiger partial charge in [-0.15, -0.1) is 0 Å². The minimum Gasteiger partial charge on any atom is -0.290 e. The van der Waals surface area contributed by atoms with Gasteiger partial charge < -0.3 is 0 Å². The van der Waals surface area contributed by atoms with Crippen LogP contribution in [0.25, 0.3) is 0 Å². The molecule has 0 unspecified atom stereocenters. The summed E-state index contributed by atoms with van der Waals surface area (Å²) in [5.74, 6) is -0.0912. The van der Waals surface area contributed by atoms with Crippen LogP contribution >= 0.6 is 0 Å². The number of aliphatic imine (C=N–C) groups is 1. The maximum absolute atomic E-state index is 12.9. The normalized spacial score (nSPS) is 14.6. The van der Waals surface area contributed by atoms with E-state index < -0.39 is 0 Å². The molecule has 0 amide bonds. The monoisotopic (exact) mass is 171 g/mol. The Balaban J connectivity index is 4.70. The third kappa shape index (κ3) is 3.16. The lowest BCUT2D eigenvalue weighted by atomic mass is 10.1. The summed E-state index contributed by atoms with van der Waals surface area (Å²) in [6.07, 6.45) is 1.55. The number of nitrogens with zero attached hydrogens (tertiary/aromatic N) is 1. The molecule has 2 heteroatoms. The van der Waals surface area contributed by atoms with Crippen LogP contribution in [0.15, 0.2) is 16.4 Å². The second-order valence-corrected chi connectivity index (χ2v) is 2.64. The van der Waals surface area contributed by atoms with Gasteiger partial charge in [-0.25, -0.2) is 4.39 Å². The van der Waals surface area contributed by atoms with E-state index in [1.807, 2.05) is 20.8 Å². The van der Waals surface area contributed by atoms with Crippen molar-refractivity contribution < 1.29 is 4.39 Å². The van der Waals surface area contributed by atoms with Gasteiger partial charge in [0.1, 0.15) is 5.83 Å². The van der Waals surface area contributed by atoms with Crippen molar-refractivity contribution in [2.45, 2.75) is 40.5 Å². The fraction of sp³-hybridized carbons (Fsp3) is 0.700. The minimum absolute atomic E-state index is 0.0912. The van der Waals surface area contributed by atoms with E-state index in [1.165, 1.54) is 6.92 Å². The van der Waals surface area contributed by atoms with Crippen molar-refractivity contribution in [3.05, 3.63) is 11.4 Å². The molecule has 0 atom stereocenters. The van der Waals surface area contributed by atoms with E-state index in [-0.39, 0.29) is 5.83 Å². The second-order valence-electron chi connectivity index (χ2n) is 2.64. The van der Waals surface area contributed by atoms with E-state index in [0.29, 0.717) is 0 Å². The van der Waals surface area contributed by atoms with Crippen LogP contribution in [0.2, 0.25) is 0 Å². The molecule has 0 bridgehead atoms. The Morgan fingerprint density at radius 3 is 2.00 bits per heavy atom. The van der Waals surface area contributed by atoms with Gasteiger partial charge in [0.05, 0.1) is 0 Å². The summed E-state index contributed by atoms with van der Waals surface area (Å²) in [4.78, 5) is 4.25. The molecule has 0 spiro atoms. The molecule has 1 nitrogen and oxygen atoms in total. The largest absolute Gasteiger partial charge is 0.290 e. The molecular formula is C10H18FN. The average Bonchev–Trinajstić information content (AvgIpc) is 2.03. The van der Waals surface area contributed by atoms with Crippen molar-refractivity contribution in [3.63, 3.8) is 0 Å². The number of hydrogen-bond acceptors (Lipinski definition) is 1. The van der Waals surface area contributed by atoms with Crippen molar-refractivity contribution in [2.24, 2.45) is 4.99 Å². The SMILES string of the molecule is CCN=C(CC)/C(CC)=C(\C)F. The molecule has 0 saturated carbocycles. The summed E-state index contributed by atoms with van der Waals surface area (Å²) in [6.45, 7) is 8.17. The zero-order valence-electron chi connectivity index (χ0n) is 8.45. The Hall–Kier alpha value is -0.660. The highest BCUT2D eigenvalue weighted by Crippen LogP contribution is 2.13. The van der Waals surface area contributed by atoms with Gasteiger partial charge in [0.25, 0.3) is 0 Å². The molecule has 0 aliphatic carbocycles. The standard InChI is InChI=1S/C10H18FN/c1-5-9(8(4)11)10(6-2)12-7-3/h5-7H2,1-4H3/b9-8+,12-10?. The Morgan fingerprint density at radius 1 is 1.17 bits per heavy atom. The first-order chi connectivity index (χ1) is 5.67. The third-order valence-electron chi connectivity index (χ3n) is 1.80. The van der Waals surface area contributed by atoms with E-state index in [2.05, 4.69) is 4.99 Å². The summed E-state index contributed by atoms with van der Waals surface area (Å²) in [5, 5.41) is 0. The molecular weight excluding hydrogens is 153 g/mol. The van der Waals surface area contributed by atoms with Crippen LogP contribution in [0, 0.1) is 0 Å². The van der Waals surface area contributed by atoms with Crippen LogP contribution in [0.5, 0.6) is 0 Å². The number of rotatable bonds is 4. The van der Waals surface area contributed by atoms with Gasteiger partial charge >= 0.3 is 0 Å². The van der Waals surface area contributed by atoms with Crippen LogP contribution in [0.4, 0.5) is 4.39 Å². The first-order valence-corrected chi connectivity index (χ1v) is 4.56. The van der Waals surface area contributed by atoms with Crippen LogP contribution in [0.1, 0.15) is 40.5 Å². The van der Waals surface area contributed by atoms with Crippen molar-refractivity contribution in [3.8, 4) is 0 Å². The van der Waals surface area contributed by atoms with E-state index >= 15 is 0 Å². The van der Waals surface area contributed by atoms with Crippen LogP contribution in [-0.4, -0.2) is 12.3 Å². The predicted octanol–water partition coefficient (Wildman–Crippen LogP) is 3.51. The molecule has 0 aromatic heterocycles. The van der Waals surface area contributed by atoms with Gasteiger partial charge in [-0.3, -0.25) is 4.99 Å². The zero-order chi connectivity index (χ0) is 9.56. The van der Waals surface area contributed by atoms with Gasteiger partial charge in [0.2, 0.25) is 0 Å². The lowest BCUT2D eigenvalue weighted by molar-refractivity contribution is 0.628. The number of hydrogen-bond donors (Lipinski definition) is 0. The Morgan fingerprint density at radius 2 is 1.75 bits per heavy atom. The van der Waals surface area contributed by atoms with Gasteiger partial charge in [0, 0.05) is 17.8 Å². The minimum atomic E-state index is -0.0912. The van der Waals surface area contributed by atoms with Crippen molar-refractivity contribution >= 4 is 5.71 Å². The molecule has 0 rings (SSSR count). The summed E-state index contributed by atoms with van der Waals surface area (Å²) >= 11 is 0. The maximum Gasteiger partial charge on any atom is 0.102 e. The summed E-state index contributed by atoms with van der Waals surface area (Å²) in [6, 6.07) is 0. The number of halogens is 1. The zero-order valence-corrected chi connectivity index (χ0v) is 8.45. The molecule has 0 aromatic carbocycles. The summed E-state index contributed by atoms with van der Waals surface area (Å²) in [7, 11) is 0. The molecule has 0 fully saturated rings. The first kappa shape index (κ1) is 11.3. The second kappa shape index (κ2) is 5.92. The van der Waals surface area contributed by atoms with E-state index in [1.54, 1.807) is 0 Å². The fourth-order valence-corrected chi connectivity index (χ4v) is 1.26. The predicted molar refractivity (Wildman–Crippen MR) is 52.4 cm³/mol. The van der Waals surface area contributed by atoms with Gasteiger partial charge in [-0.05, 0) is 26.7 Å². The third-order valence-corrected chi connectivity index (χ3v) is 1.80. The molecule has 0 aromatic rings. The van der Waals surface area contributed by atoms with Crippen molar-refractivity contribution in [2.75, 3.05) is 6.54 Å². The van der Waals surface area contributed by atoms with Crippen LogP contribution in [0.3, 0.4) is 0 Å². The molecule has 0 aliphatic rings. The molecule has 0 aliphatic heterocycles. The van der Waals surface area contributed by atoms with Gasteiger partial charge in [-0.2, -0.15) is 0 Å². The topological polar surface area (TPSA) is 12.4 Å². The van der Waals surface area contributed by atoms with Gasteiger partial charge in [-0.1, -0.05) is 13.8 Å². The highest BCUT2D eigenvalue weighted by molar-refractivity contribution is 6.00. The summed E-state index contributed by atoms with van der Waals surface area (Å²) in [5.41, 5.74) is 1.69. The van der Waals surface area contributed by atoms with Crippen LogP contribution in [-0.2, 0) is 0 Å². The maximum atomic E-state index is 12.9. The van der Waals surface area contributed by atoms with Gasteiger partial charge in [0.15, 0.2) is 0 Å². The van der Waals surface area contributed by atoms with Crippen molar-refractivity contribution in [1.29, 1.82) is 0 Å². The van der Waals surface area contributed by atoms with Crippen LogP contribution < -0.4 is 0 Å². The Bertz CT molecular complexity index is 188. The molecule has 0 heterocycles. The van der Waals surface area contributed by atoms with E-state index in [4.69, 9.17) is 0 Å². The lowest BCUT2D eigenvalue weighted by Gasteiger charge is -2.06. The molecule has 0 saturated heterocycles. The highest BCUT2D eigenvalue weighted by atomic mass is 19.1. The quantitative estimate of drug-likeness (QED) is 0.574. The molecule has 0 radical (unpaired) electrons. The van der Waals surface area contributed by atoms with Crippen molar-refractivity contribution in [1.82, 2.24) is 0 Å². The Kier molecular flexibility index (Phi) is 5.60. The molecule has 70 valence electrons. The molecule has 0 N–H and O–H groups in total. The average molecular weight is 171 g/mol. The first-order valence-electron chi connectivity index (χ1n) is 4.56. The van der Waals surface area contributed by atoms with E-state index in [0.717, 1.165) is 30.7 Å². The lowest BCUT2D eigenvalue weighted by Crippen LogP contribution is -2.02. The number of allylic oxidation sites excluding steroid dienone is 2. The Labute approximate surface area is 74.4 Å². The molecule has 12 heavy (non-hydrogen) atoms. The smallest absolute Gasteiger partial charge is 0.102 e. The fourth-order valence-electron chi connectivity index (χ4n) is 1.26.